The van der Waals surface area contributed by atoms with Crippen LogP contribution in [0.4, 0.5) is 5.69 Å². The van der Waals surface area contributed by atoms with Gasteiger partial charge in [0.2, 0.25) is 0 Å². The van der Waals surface area contributed by atoms with E-state index in [0.29, 0.717) is 17.4 Å². The molecule has 0 aliphatic heterocycles. The van der Waals surface area contributed by atoms with Crippen molar-refractivity contribution < 1.29 is 9.66 Å². The summed E-state index contributed by atoms with van der Waals surface area (Å²) in [4.78, 5) is 14.0. The fourth-order valence-corrected chi connectivity index (χ4v) is 1.95. The van der Waals surface area contributed by atoms with Gasteiger partial charge in [0, 0.05) is 18.9 Å². The lowest BCUT2D eigenvalue weighted by Crippen LogP contribution is -1.94. The normalized spacial score (nSPS) is 10.3. The SMILES string of the molecule is COCCSc1cc([N+](=O)[O-])cc(Cl)n1. The Morgan fingerprint density at radius 2 is 2.40 bits per heavy atom. The number of pyridine rings is 1. The first-order chi connectivity index (χ1) is 7.13. The van der Waals surface area contributed by atoms with Gasteiger partial charge in [-0.05, 0) is 0 Å². The van der Waals surface area contributed by atoms with E-state index in [1.54, 1.807) is 7.11 Å². The monoisotopic (exact) mass is 248 g/mol. The van der Waals surface area contributed by atoms with Crippen LogP contribution < -0.4 is 0 Å². The Hall–Kier alpha value is -0.850. The van der Waals surface area contributed by atoms with Crippen molar-refractivity contribution in [3.63, 3.8) is 0 Å². The summed E-state index contributed by atoms with van der Waals surface area (Å²) < 4.78 is 4.86. The third-order valence-corrected chi connectivity index (χ3v) is 2.57. The highest BCUT2D eigenvalue weighted by atomic mass is 35.5. The molecular formula is C8H9ClN2O3S. The van der Waals surface area contributed by atoms with Crippen molar-refractivity contribution in [2.24, 2.45) is 0 Å². The van der Waals surface area contributed by atoms with E-state index in [4.69, 9.17) is 16.3 Å². The molecule has 1 aromatic heterocycles. The zero-order chi connectivity index (χ0) is 11.3. The second-order valence-electron chi connectivity index (χ2n) is 2.58. The summed E-state index contributed by atoms with van der Waals surface area (Å²) in [5.74, 6) is 0.682. The van der Waals surface area contributed by atoms with Gasteiger partial charge in [-0.25, -0.2) is 4.98 Å². The standard InChI is InChI=1S/C8H9ClN2O3S/c1-14-2-3-15-8-5-6(11(12)13)4-7(9)10-8/h4-5H,2-3H2,1H3. The van der Waals surface area contributed by atoms with Crippen LogP contribution in [0.1, 0.15) is 0 Å². The number of rotatable bonds is 5. The van der Waals surface area contributed by atoms with Gasteiger partial charge in [-0.1, -0.05) is 11.6 Å². The number of halogens is 1. The number of ether oxygens (including phenoxy) is 1. The molecule has 0 aliphatic carbocycles. The molecule has 0 N–H and O–H groups in total. The van der Waals surface area contributed by atoms with Crippen LogP contribution in [-0.4, -0.2) is 29.4 Å². The number of hydrogen-bond donors (Lipinski definition) is 0. The molecule has 0 spiro atoms. The van der Waals surface area contributed by atoms with Crippen molar-refractivity contribution in [2.45, 2.75) is 5.03 Å². The van der Waals surface area contributed by atoms with Gasteiger partial charge in [0.05, 0.1) is 17.6 Å². The number of aromatic nitrogens is 1. The maximum atomic E-state index is 10.5. The first-order valence-electron chi connectivity index (χ1n) is 4.07. The fourth-order valence-electron chi connectivity index (χ4n) is 0.869. The Morgan fingerprint density at radius 1 is 1.67 bits per heavy atom. The summed E-state index contributed by atoms with van der Waals surface area (Å²) in [7, 11) is 1.59. The quantitative estimate of drug-likeness (QED) is 0.263. The predicted molar refractivity (Wildman–Crippen MR) is 58.5 cm³/mol. The minimum Gasteiger partial charge on any atom is -0.384 e. The highest BCUT2D eigenvalue weighted by Crippen LogP contribution is 2.24. The highest BCUT2D eigenvalue weighted by molar-refractivity contribution is 7.99. The molecule has 1 aromatic rings. The summed E-state index contributed by atoms with van der Waals surface area (Å²) in [5.41, 5.74) is -0.0464. The fraction of sp³-hybridized carbons (Fsp3) is 0.375. The molecule has 15 heavy (non-hydrogen) atoms. The summed E-state index contributed by atoms with van der Waals surface area (Å²) in [6.07, 6.45) is 0. The van der Waals surface area contributed by atoms with Crippen LogP contribution in [0, 0.1) is 10.1 Å². The molecule has 0 unspecified atom stereocenters. The van der Waals surface area contributed by atoms with Crippen molar-refractivity contribution in [1.29, 1.82) is 0 Å². The topological polar surface area (TPSA) is 65.3 Å². The smallest absolute Gasteiger partial charge is 0.275 e. The minimum atomic E-state index is -0.492. The van der Waals surface area contributed by atoms with Crippen LogP contribution in [0.15, 0.2) is 17.2 Å². The van der Waals surface area contributed by atoms with Gasteiger partial charge < -0.3 is 4.74 Å². The molecule has 0 atom stereocenters. The third-order valence-electron chi connectivity index (χ3n) is 1.50. The van der Waals surface area contributed by atoms with Crippen LogP contribution in [-0.2, 0) is 4.74 Å². The molecule has 0 saturated carbocycles. The number of nitrogens with zero attached hydrogens (tertiary/aromatic N) is 2. The van der Waals surface area contributed by atoms with Crippen molar-refractivity contribution in [3.05, 3.63) is 27.4 Å². The molecule has 1 rings (SSSR count). The van der Waals surface area contributed by atoms with Crippen LogP contribution in [0.3, 0.4) is 0 Å². The Morgan fingerprint density at radius 3 is 3.00 bits per heavy atom. The Labute approximate surface area is 95.9 Å². The second-order valence-corrected chi connectivity index (χ2v) is 4.09. The van der Waals surface area contributed by atoms with Gasteiger partial charge in [-0.2, -0.15) is 0 Å². The minimum absolute atomic E-state index is 0.0464. The lowest BCUT2D eigenvalue weighted by atomic mass is 10.4. The Balaban J connectivity index is 2.75. The van der Waals surface area contributed by atoms with Gasteiger partial charge >= 0.3 is 0 Å². The van der Waals surface area contributed by atoms with Crippen LogP contribution >= 0.6 is 23.4 Å². The molecule has 0 aliphatic rings. The maximum Gasteiger partial charge on any atom is 0.275 e. The van der Waals surface area contributed by atoms with Crippen molar-refractivity contribution in [1.82, 2.24) is 4.98 Å². The molecule has 0 bridgehead atoms. The lowest BCUT2D eigenvalue weighted by Gasteiger charge is -2.00. The van der Waals surface area contributed by atoms with Crippen LogP contribution in [0.5, 0.6) is 0 Å². The number of hydrogen-bond acceptors (Lipinski definition) is 5. The summed E-state index contributed by atoms with van der Waals surface area (Å²) in [6.45, 7) is 0.562. The van der Waals surface area contributed by atoms with Gasteiger partial charge in [0.25, 0.3) is 5.69 Å². The molecular weight excluding hydrogens is 240 g/mol. The van der Waals surface area contributed by atoms with Crippen molar-refractivity contribution in [2.75, 3.05) is 19.5 Å². The van der Waals surface area contributed by atoms with Gasteiger partial charge in [-0.15, -0.1) is 11.8 Å². The van der Waals surface area contributed by atoms with E-state index in [-0.39, 0.29) is 10.8 Å². The summed E-state index contributed by atoms with van der Waals surface area (Å²) in [6, 6.07) is 2.62. The van der Waals surface area contributed by atoms with E-state index >= 15 is 0 Å². The van der Waals surface area contributed by atoms with E-state index in [1.165, 1.54) is 23.9 Å². The lowest BCUT2D eigenvalue weighted by molar-refractivity contribution is -0.385. The first kappa shape index (κ1) is 12.2. The van der Waals surface area contributed by atoms with E-state index in [0.717, 1.165) is 0 Å². The average molecular weight is 249 g/mol. The van der Waals surface area contributed by atoms with Crippen molar-refractivity contribution in [3.8, 4) is 0 Å². The van der Waals surface area contributed by atoms with E-state index < -0.39 is 4.92 Å². The predicted octanol–water partition coefficient (Wildman–Crippen LogP) is 2.38. The number of nitro groups is 1. The molecule has 5 nitrogen and oxygen atoms in total. The van der Waals surface area contributed by atoms with Gasteiger partial charge in [0.1, 0.15) is 10.2 Å². The second kappa shape index (κ2) is 5.89. The van der Waals surface area contributed by atoms with E-state index in [2.05, 4.69) is 4.98 Å². The Kier molecular flexibility index (Phi) is 4.80. The summed E-state index contributed by atoms with van der Waals surface area (Å²) >= 11 is 7.01. The number of methoxy groups -OCH3 is 1. The molecule has 1 heterocycles. The molecule has 0 fully saturated rings. The highest BCUT2D eigenvalue weighted by Gasteiger charge is 2.10. The summed E-state index contributed by atoms with van der Waals surface area (Å²) in [5, 5.41) is 11.2. The van der Waals surface area contributed by atoms with E-state index in [1.807, 2.05) is 0 Å². The first-order valence-corrected chi connectivity index (χ1v) is 5.43. The number of thioether (sulfide) groups is 1. The Bertz CT molecular complexity index is 362. The average Bonchev–Trinajstić information content (AvgIpc) is 2.17. The maximum absolute atomic E-state index is 10.5. The van der Waals surface area contributed by atoms with Gasteiger partial charge in [0.15, 0.2) is 0 Å². The molecule has 82 valence electrons. The molecule has 0 aromatic carbocycles. The molecule has 0 radical (unpaired) electrons. The van der Waals surface area contributed by atoms with Gasteiger partial charge in [-0.3, -0.25) is 10.1 Å². The molecule has 7 heteroatoms. The van der Waals surface area contributed by atoms with Crippen LogP contribution in [0.2, 0.25) is 5.15 Å². The van der Waals surface area contributed by atoms with Crippen molar-refractivity contribution >= 4 is 29.1 Å². The zero-order valence-corrected chi connectivity index (χ0v) is 9.55. The molecule has 0 amide bonds. The van der Waals surface area contributed by atoms with Crippen LogP contribution in [0.25, 0.3) is 0 Å². The third kappa shape index (κ3) is 4.03. The zero-order valence-electron chi connectivity index (χ0n) is 7.97. The largest absolute Gasteiger partial charge is 0.384 e. The molecule has 0 saturated heterocycles. The van der Waals surface area contributed by atoms with E-state index in [9.17, 15) is 10.1 Å².